The minimum absolute atomic E-state index is 0.0123. The fourth-order valence-electron chi connectivity index (χ4n) is 2.72. The Balaban J connectivity index is 1.69. The summed E-state index contributed by atoms with van der Waals surface area (Å²) in [6.07, 6.45) is -2.65. The summed E-state index contributed by atoms with van der Waals surface area (Å²) in [5, 5.41) is 6.06. The monoisotopic (exact) mass is 351 g/mol. The number of aromatic nitrogens is 2. The van der Waals surface area contributed by atoms with Crippen molar-refractivity contribution in [3.05, 3.63) is 17.5 Å². The van der Waals surface area contributed by atoms with E-state index in [9.17, 15) is 26.4 Å². The van der Waals surface area contributed by atoms with Gasteiger partial charge in [-0.15, -0.1) is 0 Å². The van der Waals surface area contributed by atoms with Crippen LogP contribution in [0, 0.1) is 0 Å². The first kappa shape index (κ1) is 16.3. The van der Waals surface area contributed by atoms with E-state index in [1.165, 1.54) is 0 Å². The van der Waals surface area contributed by atoms with E-state index in [4.69, 9.17) is 0 Å². The molecule has 128 valence electrons. The first-order valence-electron chi connectivity index (χ1n) is 7.29. The molecule has 1 aliphatic carbocycles. The predicted octanol–water partition coefficient (Wildman–Crippen LogP) is 1.08. The number of hydrogen-bond donors (Lipinski definition) is 1. The van der Waals surface area contributed by atoms with Gasteiger partial charge in [-0.25, -0.2) is 8.42 Å². The van der Waals surface area contributed by atoms with Crippen molar-refractivity contribution >= 4 is 15.7 Å². The van der Waals surface area contributed by atoms with Crippen molar-refractivity contribution in [2.45, 2.75) is 43.9 Å². The maximum atomic E-state index is 12.8. The number of nitrogens with one attached hydrogen (secondary N) is 1. The van der Waals surface area contributed by atoms with E-state index < -0.39 is 33.7 Å². The Morgan fingerprint density at radius 1 is 1.35 bits per heavy atom. The van der Waals surface area contributed by atoms with Crippen LogP contribution in [0.15, 0.2) is 6.07 Å². The van der Waals surface area contributed by atoms with Crippen molar-refractivity contribution in [2.24, 2.45) is 0 Å². The molecule has 1 aliphatic heterocycles. The molecular weight excluding hydrogens is 335 g/mol. The van der Waals surface area contributed by atoms with Crippen molar-refractivity contribution < 1.29 is 26.4 Å². The van der Waals surface area contributed by atoms with Crippen LogP contribution < -0.4 is 5.32 Å². The van der Waals surface area contributed by atoms with Crippen LogP contribution in [-0.2, 0) is 27.4 Å². The Kier molecular flexibility index (Phi) is 3.89. The zero-order chi connectivity index (χ0) is 16.8. The zero-order valence-electron chi connectivity index (χ0n) is 12.1. The van der Waals surface area contributed by atoms with Gasteiger partial charge in [0.25, 0.3) is 0 Å². The smallest absolute Gasteiger partial charge is 0.351 e. The molecule has 1 saturated carbocycles. The minimum Gasteiger partial charge on any atom is -0.351 e. The second-order valence-electron chi connectivity index (χ2n) is 6.05. The molecule has 0 unspecified atom stereocenters. The predicted molar refractivity (Wildman–Crippen MR) is 74.4 cm³/mol. The quantitative estimate of drug-likeness (QED) is 0.880. The number of carbonyl (C=O) groups excluding carboxylic acids is 1. The molecule has 6 nitrogen and oxygen atoms in total. The van der Waals surface area contributed by atoms with Crippen molar-refractivity contribution in [3.63, 3.8) is 0 Å². The molecular formula is C13H16F3N3O3S. The van der Waals surface area contributed by atoms with Crippen LogP contribution in [0.1, 0.15) is 36.6 Å². The Morgan fingerprint density at radius 3 is 2.57 bits per heavy atom. The van der Waals surface area contributed by atoms with Gasteiger partial charge in [-0.1, -0.05) is 0 Å². The Hall–Kier alpha value is -1.58. The Labute approximate surface area is 131 Å². The Morgan fingerprint density at radius 2 is 2.04 bits per heavy atom. The molecule has 2 aliphatic rings. The van der Waals surface area contributed by atoms with Crippen molar-refractivity contribution in [2.75, 3.05) is 11.5 Å². The van der Waals surface area contributed by atoms with Crippen LogP contribution in [0.4, 0.5) is 13.2 Å². The second-order valence-corrected chi connectivity index (χ2v) is 8.28. The third-order valence-corrected chi connectivity index (χ3v) is 5.76. The molecule has 23 heavy (non-hydrogen) atoms. The fraction of sp³-hybridized carbons (Fsp3) is 0.692. The van der Waals surface area contributed by atoms with Crippen LogP contribution in [-0.4, -0.2) is 41.7 Å². The maximum absolute atomic E-state index is 12.8. The number of sulfone groups is 1. The lowest BCUT2D eigenvalue weighted by atomic mass is 10.2. The number of amides is 1. The molecule has 1 N–H and O–H groups in total. The highest BCUT2D eigenvalue weighted by atomic mass is 32.2. The molecule has 1 aromatic heterocycles. The second kappa shape index (κ2) is 5.50. The molecule has 2 fully saturated rings. The summed E-state index contributed by atoms with van der Waals surface area (Å²) in [6, 6.07) is 0.514. The SMILES string of the molecule is O=C(Cn1nc(C(F)(F)F)cc1C1CC1)N[C@H]1CCS(=O)(=O)C1. The van der Waals surface area contributed by atoms with Gasteiger partial charge in [-0.2, -0.15) is 18.3 Å². The lowest BCUT2D eigenvalue weighted by Crippen LogP contribution is -2.38. The standard InChI is InChI=1S/C13H16F3N3O3S/c14-13(15,16)11-5-10(8-1-2-8)19(18-11)6-12(20)17-9-3-4-23(21,22)7-9/h5,8-9H,1-4,6-7H2,(H,17,20)/t9-/m0/s1. The van der Waals surface area contributed by atoms with E-state index in [0.717, 1.165) is 23.6 Å². The third kappa shape index (κ3) is 3.85. The average molecular weight is 351 g/mol. The fourth-order valence-corrected chi connectivity index (χ4v) is 4.40. The molecule has 1 atom stereocenters. The molecule has 0 spiro atoms. The van der Waals surface area contributed by atoms with E-state index in [2.05, 4.69) is 10.4 Å². The van der Waals surface area contributed by atoms with Crippen LogP contribution in [0.2, 0.25) is 0 Å². The molecule has 10 heteroatoms. The van der Waals surface area contributed by atoms with Crippen LogP contribution in [0.25, 0.3) is 0 Å². The molecule has 0 radical (unpaired) electrons. The molecule has 0 aromatic carbocycles. The van der Waals surface area contributed by atoms with E-state index in [0.29, 0.717) is 12.1 Å². The molecule has 1 aromatic rings. The van der Waals surface area contributed by atoms with E-state index in [-0.39, 0.29) is 24.0 Å². The highest BCUT2D eigenvalue weighted by molar-refractivity contribution is 7.91. The lowest BCUT2D eigenvalue weighted by Gasteiger charge is -2.12. The topological polar surface area (TPSA) is 81.1 Å². The highest BCUT2D eigenvalue weighted by Gasteiger charge is 2.38. The minimum atomic E-state index is -4.55. The highest BCUT2D eigenvalue weighted by Crippen LogP contribution is 2.42. The van der Waals surface area contributed by atoms with Gasteiger partial charge >= 0.3 is 6.18 Å². The van der Waals surface area contributed by atoms with Gasteiger partial charge in [0.05, 0.1) is 11.5 Å². The van der Waals surface area contributed by atoms with E-state index in [1.54, 1.807) is 0 Å². The third-order valence-electron chi connectivity index (χ3n) is 3.99. The molecule has 1 saturated heterocycles. The molecule has 1 amide bonds. The first-order chi connectivity index (χ1) is 10.6. The number of nitrogens with zero attached hydrogens (tertiary/aromatic N) is 2. The van der Waals surface area contributed by atoms with Gasteiger partial charge < -0.3 is 5.32 Å². The van der Waals surface area contributed by atoms with Gasteiger partial charge in [-0.3, -0.25) is 9.48 Å². The first-order valence-corrected chi connectivity index (χ1v) is 9.11. The molecule has 3 rings (SSSR count). The van der Waals surface area contributed by atoms with Gasteiger partial charge in [0.15, 0.2) is 15.5 Å². The summed E-state index contributed by atoms with van der Waals surface area (Å²) in [4.78, 5) is 12.0. The number of carbonyl (C=O) groups is 1. The van der Waals surface area contributed by atoms with E-state index >= 15 is 0 Å². The number of halogens is 3. The maximum Gasteiger partial charge on any atom is 0.435 e. The number of rotatable bonds is 4. The molecule has 2 heterocycles. The van der Waals surface area contributed by atoms with Crippen molar-refractivity contribution in [1.82, 2.24) is 15.1 Å². The zero-order valence-corrected chi connectivity index (χ0v) is 13.0. The molecule has 0 bridgehead atoms. The van der Waals surface area contributed by atoms with Gasteiger partial charge in [0, 0.05) is 17.7 Å². The lowest BCUT2D eigenvalue weighted by molar-refractivity contribution is -0.141. The number of alkyl halides is 3. The van der Waals surface area contributed by atoms with Crippen molar-refractivity contribution in [3.8, 4) is 0 Å². The number of hydrogen-bond acceptors (Lipinski definition) is 4. The van der Waals surface area contributed by atoms with Gasteiger partial charge in [-0.05, 0) is 25.3 Å². The Bertz CT molecular complexity index is 723. The van der Waals surface area contributed by atoms with Gasteiger partial charge in [0.1, 0.15) is 6.54 Å². The van der Waals surface area contributed by atoms with Crippen LogP contribution in [0.3, 0.4) is 0 Å². The average Bonchev–Trinajstić information content (AvgIpc) is 3.07. The summed E-state index contributed by atoms with van der Waals surface area (Å²) in [6.45, 7) is -0.335. The van der Waals surface area contributed by atoms with E-state index in [1.807, 2.05) is 0 Å². The van der Waals surface area contributed by atoms with Crippen LogP contribution >= 0.6 is 0 Å². The summed E-state index contributed by atoms with van der Waals surface area (Å²) >= 11 is 0. The summed E-state index contributed by atoms with van der Waals surface area (Å²) in [7, 11) is -3.13. The summed E-state index contributed by atoms with van der Waals surface area (Å²) < 4.78 is 62.1. The van der Waals surface area contributed by atoms with Crippen LogP contribution in [0.5, 0.6) is 0 Å². The normalized spacial score (nSPS) is 23.9. The largest absolute Gasteiger partial charge is 0.435 e. The summed E-state index contributed by atoms with van der Waals surface area (Å²) in [5.41, 5.74) is -0.595. The van der Waals surface area contributed by atoms with Gasteiger partial charge in [0.2, 0.25) is 5.91 Å². The summed E-state index contributed by atoms with van der Waals surface area (Å²) in [5.74, 6) is -0.615. The van der Waals surface area contributed by atoms with Crippen molar-refractivity contribution in [1.29, 1.82) is 0 Å².